The molecule has 0 atom stereocenters. The fourth-order valence-corrected chi connectivity index (χ4v) is 3.31. The molecule has 2 aromatic carbocycles. The second-order valence-corrected chi connectivity index (χ2v) is 8.12. The van der Waals surface area contributed by atoms with Gasteiger partial charge in [0.15, 0.2) is 0 Å². The first-order valence-electron chi connectivity index (χ1n) is 9.07. The van der Waals surface area contributed by atoms with Crippen LogP contribution in [0.25, 0.3) is 0 Å². The van der Waals surface area contributed by atoms with Gasteiger partial charge in [-0.15, -0.1) is 0 Å². The van der Waals surface area contributed by atoms with Gasteiger partial charge in [-0.25, -0.2) is 18.5 Å². The van der Waals surface area contributed by atoms with Gasteiger partial charge >= 0.3 is 0 Å². The standard InChI is InChI=1S/C20H21N5O4S/c21-30(28,29)18-6-1-3-15(11-18)13-23-20(27)16-4-2-5-17(12-16)24-19(26)7-9-25-10-8-22-14-25/h1-6,8,10-12,14H,7,9,13H2,(H,23,27)(H,24,26)(H2,21,28,29). The fourth-order valence-electron chi connectivity index (χ4n) is 2.73. The van der Waals surface area contributed by atoms with Gasteiger partial charge in [0.05, 0.1) is 11.2 Å². The summed E-state index contributed by atoms with van der Waals surface area (Å²) in [7, 11) is -3.81. The van der Waals surface area contributed by atoms with E-state index in [0.29, 0.717) is 23.4 Å². The Morgan fingerprint density at radius 2 is 1.90 bits per heavy atom. The fraction of sp³-hybridized carbons (Fsp3) is 0.150. The van der Waals surface area contributed by atoms with Crippen LogP contribution in [0.3, 0.4) is 0 Å². The van der Waals surface area contributed by atoms with Gasteiger partial charge in [0.25, 0.3) is 5.91 Å². The number of amides is 2. The van der Waals surface area contributed by atoms with Crippen LogP contribution in [-0.2, 0) is 27.9 Å². The first kappa shape index (κ1) is 21.2. The Morgan fingerprint density at radius 1 is 1.10 bits per heavy atom. The van der Waals surface area contributed by atoms with Crippen molar-refractivity contribution in [1.82, 2.24) is 14.9 Å². The molecule has 156 valence electrons. The molecule has 10 heteroatoms. The van der Waals surface area contributed by atoms with Crippen molar-refractivity contribution in [2.24, 2.45) is 5.14 Å². The number of aryl methyl sites for hydroxylation is 1. The SMILES string of the molecule is NS(=O)(=O)c1cccc(CNC(=O)c2cccc(NC(=O)CCn3ccnc3)c2)c1. The number of aromatic nitrogens is 2. The molecular formula is C20H21N5O4S. The second-order valence-electron chi connectivity index (χ2n) is 6.55. The highest BCUT2D eigenvalue weighted by atomic mass is 32.2. The van der Waals surface area contributed by atoms with Crippen LogP contribution in [0, 0.1) is 0 Å². The van der Waals surface area contributed by atoms with Crippen LogP contribution in [-0.4, -0.2) is 29.8 Å². The number of anilines is 1. The minimum Gasteiger partial charge on any atom is -0.348 e. The summed E-state index contributed by atoms with van der Waals surface area (Å²) in [6, 6.07) is 12.6. The average molecular weight is 427 g/mol. The van der Waals surface area contributed by atoms with E-state index in [1.54, 1.807) is 59.7 Å². The summed E-state index contributed by atoms with van der Waals surface area (Å²) in [5, 5.41) is 10.6. The lowest BCUT2D eigenvalue weighted by Crippen LogP contribution is -2.23. The van der Waals surface area contributed by atoms with Crippen molar-refractivity contribution in [3.05, 3.63) is 78.4 Å². The molecule has 2 amide bonds. The van der Waals surface area contributed by atoms with E-state index < -0.39 is 10.0 Å². The van der Waals surface area contributed by atoms with Gasteiger partial charge in [-0.1, -0.05) is 18.2 Å². The number of primary sulfonamides is 1. The highest BCUT2D eigenvalue weighted by Gasteiger charge is 2.10. The summed E-state index contributed by atoms with van der Waals surface area (Å²) >= 11 is 0. The van der Waals surface area contributed by atoms with E-state index in [-0.39, 0.29) is 29.7 Å². The Kier molecular flexibility index (Phi) is 6.60. The molecule has 0 aliphatic rings. The summed E-state index contributed by atoms with van der Waals surface area (Å²) in [4.78, 5) is 28.5. The van der Waals surface area contributed by atoms with Crippen LogP contribution in [0.2, 0.25) is 0 Å². The largest absolute Gasteiger partial charge is 0.348 e. The van der Waals surface area contributed by atoms with E-state index in [1.165, 1.54) is 12.1 Å². The van der Waals surface area contributed by atoms with Gasteiger partial charge in [0.1, 0.15) is 0 Å². The van der Waals surface area contributed by atoms with Crippen molar-refractivity contribution in [3.63, 3.8) is 0 Å². The highest BCUT2D eigenvalue weighted by molar-refractivity contribution is 7.89. The summed E-state index contributed by atoms with van der Waals surface area (Å²) in [5.74, 6) is -0.536. The van der Waals surface area contributed by atoms with E-state index in [2.05, 4.69) is 15.6 Å². The third-order valence-electron chi connectivity index (χ3n) is 4.24. The second kappa shape index (κ2) is 9.33. The van der Waals surface area contributed by atoms with Gasteiger partial charge in [-0.2, -0.15) is 0 Å². The molecule has 9 nitrogen and oxygen atoms in total. The predicted molar refractivity (Wildman–Crippen MR) is 111 cm³/mol. The Morgan fingerprint density at radius 3 is 2.63 bits per heavy atom. The van der Waals surface area contributed by atoms with E-state index in [1.807, 2.05) is 0 Å². The molecule has 0 fully saturated rings. The minimum atomic E-state index is -3.81. The molecule has 30 heavy (non-hydrogen) atoms. The van der Waals surface area contributed by atoms with Crippen LogP contribution in [0.15, 0.2) is 72.1 Å². The lowest BCUT2D eigenvalue weighted by atomic mass is 10.1. The van der Waals surface area contributed by atoms with Crippen molar-refractivity contribution in [1.29, 1.82) is 0 Å². The van der Waals surface area contributed by atoms with Crippen LogP contribution in [0.5, 0.6) is 0 Å². The molecule has 0 saturated heterocycles. The number of carbonyl (C=O) groups is 2. The van der Waals surface area contributed by atoms with Gasteiger partial charge in [-0.3, -0.25) is 9.59 Å². The molecule has 3 rings (SSSR count). The third kappa shape index (κ3) is 6.00. The number of rotatable bonds is 8. The van der Waals surface area contributed by atoms with Gasteiger partial charge in [0, 0.05) is 43.2 Å². The lowest BCUT2D eigenvalue weighted by molar-refractivity contribution is -0.116. The van der Waals surface area contributed by atoms with Crippen molar-refractivity contribution in [2.75, 3.05) is 5.32 Å². The van der Waals surface area contributed by atoms with E-state index in [9.17, 15) is 18.0 Å². The molecule has 0 saturated carbocycles. The first-order valence-corrected chi connectivity index (χ1v) is 10.6. The number of carbonyl (C=O) groups excluding carboxylic acids is 2. The summed E-state index contributed by atoms with van der Waals surface area (Å²) in [6.45, 7) is 0.632. The molecule has 1 heterocycles. The van der Waals surface area contributed by atoms with Gasteiger partial charge in [-0.05, 0) is 35.9 Å². The first-order chi connectivity index (χ1) is 14.3. The molecular weight excluding hydrogens is 406 g/mol. The van der Waals surface area contributed by atoms with E-state index >= 15 is 0 Å². The molecule has 0 aliphatic heterocycles. The molecule has 3 aromatic rings. The maximum atomic E-state index is 12.4. The third-order valence-corrected chi connectivity index (χ3v) is 5.16. The van der Waals surface area contributed by atoms with Gasteiger partial charge < -0.3 is 15.2 Å². The Hall–Kier alpha value is -3.50. The molecule has 4 N–H and O–H groups in total. The maximum absolute atomic E-state index is 12.4. The molecule has 0 spiro atoms. The number of nitrogens with zero attached hydrogens (tertiary/aromatic N) is 2. The predicted octanol–water partition coefficient (Wildman–Crippen LogP) is 1.49. The zero-order valence-corrected chi connectivity index (χ0v) is 16.8. The summed E-state index contributed by atoms with van der Waals surface area (Å²) in [5.41, 5.74) is 1.47. The zero-order chi connectivity index (χ0) is 21.6. The zero-order valence-electron chi connectivity index (χ0n) is 16.0. The number of nitrogens with one attached hydrogen (secondary N) is 2. The average Bonchev–Trinajstić information content (AvgIpc) is 3.24. The van der Waals surface area contributed by atoms with Crippen molar-refractivity contribution in [2.45, 2.75) is 24.4 Å². The molecule has 1 aromatic heterocycles. The summed E-state index contributed by atoms with van der Waals surface area (Å²) < 4.78 is 24.7. The smallest absolute Gasteiger partial charge is 0.251 e. The van der Waals surface area contributed by atoms with E-state index in [4.69, 9.17) is 5.14 Å². The number of benzene rings is 2. The molecule has 0 radical (unpaired) electrons. The Bertz CT molecular complexity index is 1140. The van der Waals surface area contributed by atoms with Crippen molar-refractivity contribution < 1.29 is 18.0 Å². The normalized spacial score (nSPS) is 11.1. The van der Waals surface area contributed by atoms with Crippen LogP contribution in [0.4, 0.5) is 5.69 Å². The highest BCUT2D eigenvalue weighted by Crippen LogP contribution is 2.13. The monoisotopic (exact) mass is 427 g/mol. The van der Waals surface area contributed by atoms with Gasteiger partial charge in [0.2, 0.25) is 15.9 Å². The Labute approximate surface area is 174 Å². The van der Waals surface area contributed by atoms with E-state index in [0.717, 1.165) is 0 Å². The van der Waals surface area contributed by atoms with Crippen LogP contribution in [0.1, 0.15) is 22.3 Å². The lowest BCUT2D eigenvalue weighted by Gasteiger charge is -2.09. The quantitative estimate of drug-likeness (QED) is 0.500. The molecule has 0 aliphatic carbocycles. The molecule has 0 unspecified atom stereocenters. The number of hydrogen-bond acceptors (Lipinski definition) is 5. The van der Waals surface area contributed by atoms with Crippen molar-refractivity contribution in [3.8, 4) is 0 Å². The van der Waals surface area contributed by atoms with Crippen LogP contribution < -0.4 is 15.8 Å². The van der Waals surface area contributed by atoms with Crippen molar-refractivity contribution >= 4 is 27.5 Å². The minimum absolute atomic E-state index is 0.0188. The number of sulfonamides is 1. The number of hydrogen-bond donors (Lipinski definition) is 3. The maximum Gasteiger partial charge on any atom is 0.251 e. The topological polar surface area (TPSA) is 136 Å². The van der Waals surface area contributed by atoms with Crippen LogP contribution >= 0.6 is 0 Å². The number of imidazole rings is 1. The summed E-state index contributed by atoms with van der Waals surface area (Å²) in [6.07, 6.45) is 5.33. The molecule has 0 bridgehead atoms. The Balaban J connectivity index is 1.57. The number of nitrogens with two attached hydrogens (primary N) is 1.